The first-order chi connectivity index (χ1) is 15.3. The largest absolute Gasteiger partial charge is 0.444 e. The van der Waals surface area contributed by atoms with Crippen molar-refractivity contribution in [2.45, 2.75) is 50.9 Å². The number of amides is 3. The van der Waals surface area contributed by atoms with Crippen LogP contribution in [-0.4, -0.2) is 64.7 Å². The number of carbonyl (C=O) groups is 3. The number of likely N-dealkylation sites (tertiary alicyclic amines) is 1. The maximum atomic E-state index is 14.1. The van der Waals surface area contributed by atoms with Gasteiger partial charge in [-0.2, -0.15) is 0 Å². The molecule has 1 aliphatic rings. The highest BCUT2D eigenvalue weighted by Gasteiger charge is 2.51. The fourth-order valence-electron chi connectivity index (χ4n) is 3.62. The highest BCUT2D eigenvalue weighted by atomic mass is 19.3. The number of carbonyl (C=O) groups excluding carboxylic acids is 3. The van der Waals surface area contributed by atoms with E-state index in [1.54, 1.807) is 39.0 Å². The monoisotopic (exact) mass is 463 g/mol. The summed E-state index contributed by atoms with van der Waals surface area (Å²) in [5.41, 5.74) is -0.417. The number of alkyl halides is 2. The Bertz CT molecular complexity index is 1050. The Hall–Kier alpha value is -3.27. The molecule has 10 heteroatoms. The number of hydrogen-bond acceptors (Lipinski definition) is 5. The van der Waals surface area contributed by atoms with E-state index in [0.717, 1.165) is 15.7 Å². The van der Waals surface area contributed by atoms with Crippen molar-refractivity contribution in [3.05, 3.63) is 42.5 Å². The molecule has 2 aromatic carbocycles. The molecule has 1 heterocycles. The standard InChI is InChI=1S/C23H27F2N3O5/c1-22(2,3)33-21(32)26-12-18(29)28-13-23(24,25)11-17(28)19(30)20(31)27-16-9-8-14-6-4-5-7-15(14)10-16/h4-10,17,19,30H,11-13H2,1-3H3,(H,26,32)(H,27,31)/t17-,19?/m0/s1. The summed E-state index contributed by atoms with van der Waals surface area (Å²) in [5.74, 6) is -5.05. The molecule has 3 rings (SSSR count). The van der Waals surface area contributed by atoms with Crippen molar-refractivity contribution in [1.82, 2.24) is 10.2 Å². The average molecular weight is 463 g/mol. The van der Waals surface area contributed by atoms with Gasteiger partial charge in [-0.3, -0.25) is 9.59 Å². The molecule has 3 N–H and O–H groups in total. The Morgan fingerprint density at radius 2 is 1.85 bits per heavy atom. The molecule has 0 radical (unpaired) electrons. The highest BCUT2D eigenvalue weighted by molar-refractivity contribution is 5.97. The van der Waals surface area contributed by atoms with Gasteiger partial charge in [0.25, 0.3) is 11.8 Å². The van der Waals surface area contributed by atoms with Gasteiger partial charge in [-0.15, -0.1) is 0 Å². The lowest BCUT2D eigenvalue weighted by Gasteiger charge is -2.27. The van der Waals surface area contributed by atoms with E-state index in [0.29, 0.717) is 5.69 Å². The van der Waals surface area contributed by atoms with Crippen LogP contribution in [0.3, 0.4) is 0 Å². The maximum absolute atomic E-state index is 14.1. The molecular weight excluding hydrogens is 436 g/mol. The number of benzene rings is 2. The van der Waals surface area contributed by atoms with Crippen molar-refractivity contribution >= 4 is 34.4 Å². The van der Waals surface area contributed by atoms with Crippen LogP contribution in [0.15, 0.2) is 42.5 Å². The summed E-state index contributed by atoms with van der Waals surface area (Å²) in [6.45, 7) is 3.33. The molecule has 1 unspecified atom stereocenters. The number of anilines is 1. The first-order valence-electron chi connectivity index (χ1n) is 10.5. The van der Waals surface area contributed by atoms with E-state index in [-0.39, 0.29) is 0 Å². The van der Waals surface area contributed by atoms with Crippen molar-refractivity contribution < 1.29 is 33.0 Å². The zero-order chi connectivity index (χ0) is 24.4. The minimum absolute atomic E-state index is 0.381. The van der Waals surface area contributed by atoms with E-state index in [9.17, 15) is 28.3 Å². The second-order valence-corrected chi connectivity index (χ2v) is 9.00. The van der Waals surface area contributed by atoms with Crippen molar-refractivity contribution in [2.24, 2.45) is 0 Å². The van der Waals surface area contributed by atoms with Crippen LogP contribution in [0.25, 0.3) is 10.8 Å². The number of alkyl carbamates (subject to hydrolysis) is 1. The number of hydrogen-bond donors (Lipinski definition) is 3. The van der Waals surface area contributed by atoms with Crippen molar-refractivity contribution in [1.29, 1.82) is 0 Å². The number of aliphatic hydroxyl groups excluding tert-OH is 1. The minimum atomic E-state index is -3.28. The molecule has 1 aliphatic heterocycles. The number of halogens is 2. The first-order valence-corrected chi connectivity index (χ1v) is 10.5. The smallest absolute Gasteiger partial charge is 0.408 e. The second kappa shape index (κ2) is 9.30. The lowest BCUT2D eigenvalue weighted by Crippen LogP contribution is -2.50. The van der Waals surface area contributed by atoms with Crippen LogP contribution in [0.5, 0.6) is 0 Å². The Morgan fingerprint density at radius 1 is 1.18 bits per heavy atom. The van der Waals surface area contributed by atoms with Crippen LogP contribution in [0.1, 0.15) is 27.2 Å². The predicted octanol–water partition coefficient (Wildman–Crippen LogP) is 2.90. The summed E-state index contributed by atoms with van der Waals surface area (Å²) in [7, 11) is 0. The van der Waals surface area contributed by atoms with Crippen LogP contribution < -0.4 is 10.6 Å². The maximum Gasteiger partial charge on any atom is 0.408 e. The second-order valence-electron chi connectivity index (χ2n) is 9.00. The van der Waals surface area contributed by atoms with Gasteiger partial charge in [0.05, 0.1) is 12.6 Å². The molecule has 0 spiro atoms. The average Bonchev–Trinajstić information content (AvgIpc) is 3.05. The number of ether oxygens (including phenoxy) is 1. The summed E-state index contributed by atoms with van der Waals surface area (Å²) in [6.07, 6.45) is -3.65. The topological polar surface area (TPSA) is 108 Å². The van der Waals surface area contributed by atoms with Gasteiger partial charge in [0.15, 0.2) is 6.10 Å². The fourth-order valence-corrected chi connectivity index (χ4v) is 3.62. The third-order valence-corrected chi connectivity index (χ3v) is 5.06. The van der Waals surface area contributed by atoms with Gasteiger partial charge >= 0.3 is 6.09 Å². The molecule has 0 bridgehead atoms. The number of fused-ring (bicyclic) bond motifs is 1. The van der Waals surface area contributed by atoms with Crippen LogP contribution in [0, 0.1) is 0 Å². The number of rotatable bonds is 5. The Balaban J connectivity index is 1.67. The third kappa shape index (κ3) is 6.38. The molecule has 8 nitrogen and oxygen atoms in total. The van der Waals surface area contributed by atoms with E-state index in [1.807, 2.05) is 24.3 Å². The van der Waals surface area contributed by atoms with Gasteiger partial charge in [-0.25, -0.2) is 13.6 Å². The first kappa shape index (κ1) is 24.4. The number of nitrogens with one attached hydrogen (secondary N) is 2. The fraction of sp³-hybridized carbons (Fsp3) is 0.435. The van der Waals surface area contributed by atoms with Gasteiger partial charge in [-0.1, -0.05) is 30.3 Å². The van der Waals surface area contributed by atoms with E-state index >= 15 is 0 Å². The van der Waals surface area contributed by atoms with Crippen LogP contribution in [0.2, 0.25) is 0 Å². The lowest BCUT2D eigenvalue weighted by atomic mass is 10.1. The van der Waals surface area contributed by atoms with E-state index in [2.05, 4.69) is 10.6 Å². The minimum Gasteiger partial charge on any atom is -0.444 e. The number of aliphatic hydroxyl groups is 1. The summed E-state index contributed by atoms with van der Waals surface area (Å²) in [4.78, 5) is 37.6. The molecule has 2 aromatic rings. The normalized spacial score (nSPS) is 18.6. The molecule has 0 saturated carbocycles. The highest BCUT2D eigenvalue weighted by Crippen LogP contribution is 2.34. The van der Waals surface area contributed by atoms with Gasteiger partial charge in [0.1, 0.15) is 12.1 Å². The van der Waals surface area contributed by atoms with Crippen LogP contribution in [-0.2, 0) is 14.3 Å². The molecule has 3 amide bonds. The van der Waals surface area contributed by atoms with Crippen molar-refractivity contribution in [3.63, 3.8) is 0 Å². The van der Waals surface area contributed by atoms with Gasteiger partial charge < -0.3 is 25.4 Å². The van der Waals surface area contributed by atoms with Gasteiger partial charge in [0.2, 0.25) is 5.91 Å². The molecule has 0 aromatic heterocycles. The van der Waals surface area contributed by atoms with E-state index in [4.69, 9.17) is 4.74 Å². The third-order valence-electron chi connectivity index (χ3n) is 5.06. The molecule has 0 aliphatic carbocycles. The van der Waals surface area contributed by atoms with Gasteiger partial charge in [0, 0.05) is 12.1 Å². The Morgan fingerprint density at radius 3 is 2.52 bits per heavy atom. The zero-order valence-corrected chi connectivity index (χ0v) is 18.6. The Labute approximate surface area is 189 Å². The number of nitrogens with zero attached hydrogens (tertiary/aromatic N) is 1. The van der Waals surface area contributed by atoms with Crippen LogP contribution >= 0.6 is 0 Å². The SMILES string of the molecule is CC(C)(C)OC(=O)NCC(=O)N1CC(F)(F)C[C@H]1C(O)C(=O)Nc1ccc2ccccc2c1. The quantitative estimate of drug-likeness (QED) is 0.632. The summed E-state index contributed by atoms with van der Waals surface area (Å²) >= 11 is 0. The molecule has 1 saturated heterocycles. The summed E-state index contributed by atoms with van der Waals surface area (Å²) < 4.78 is 33.2. The summed E-state index contributed by atoms with van der Waals surface area (Å²) in [5, 5.41) is 17.0. The van der Waals surface area contributed by atoms with Crippen LogP contribution in [0.4, 0.5) is 19.3 Å². The van der Waals surface area contributed by atoms with Crippen molar-refractivity contribution in [2.75, 3.05) is 18.4 Å². The van der Waals surface area contributed by atoms with Crippen molar-refractivity contribution in [3.8, 4) is 0 Å². The summed E-state index contributed by atoms with van der Waals surface area (Å²) in [6, 6.07) is 11.1. The molecule has 178 valence electrons. The molecule has 2 atom stereocenters. The van der Waals surface area contributed by atoms with E-state index < -0.39 is 61.1 Å². The Kier molecular flexibility index (Phi) is 6.87. The lowest BCUT2D eigenvalue weighted by molar-refractivity contribution is -0.137. The predicted molar refractivity (Wildman–Crippen MR) is 118 cm³/mol. The van der Waals surface area contributed by atoms with Gasteiger partial charge in [-0.05, 0) is 43.7 Å². The molecule has 1 fully saturated rings. The zero-order valence-electron chi connectivity index (χ0n) is 18.6. The van der Waals surface area contributed by atoms with E-state index in [1.165, 1.54) is 0 Å². The molecular formula is C23H27F2N3O5. The molecule has 33 heavy (non-hydrogen) atoms.